The second-order valence-corrected chi connectivity index (χ2v) is 9.60. The summed E-state index contributed by atoms with van der Waals surface area (Å²) in [6, 6.07) is 23.7. The highest BCUT2D eigenvalue weighted by atomic mass is 16.5. The molecule has 1 saturated heterocycles. The van der Waals surface area contributed by atoms with Gasteiger partial charge in [-0.05, 0) is 49.2 Å². The van der Waals surface area contributed by atoms with Crippen LogP contribution in [0.25, 0.3) is 11.1 Å². The van der Waals surface area contributed by atoms with Crippen molar-refractivity contribution < 1.29 is 14.3 Å². The number of nitrogens with one attached hydrogen (secondary N) is 2. The molecule has 1 aromatic heterocycles. The van der Waals surface area contributed by atoms with E-state index in [4.69, 9.17) is 4.74 Å². The summed E-state index contributed by atoms with van der Waals surface area (Å²) in [5.74, 6) is -0.443. The van der Waals surface area contributed by atoms with Crippen molar-refractivity contribution in [2.75, 3.05) is 41.8 Å². The van der Waals surface area contributed by atoms with E-state index in [0.717, 1.165) is 29.9 Å². The van der Waals surface area contributed by atoms with E-state index in [0.29, 0.717) is 41.4 Å². The predicted molar refractivity (Wildman–Crippen MR) is 152 cm³/mol. The van der Waals surface area contributed by atoms with Gasteiger partial charge in [-0.1, -0.05) is 54.1 Å². The van der Waals surface area contributed by atoms with Gasteiger partial charge in [0.1, 0.15) is 5.69 Å². The number of carbonyl (C=O) groups excluding carboxylic acids is 2. The summed E-state index contributed by atoms with van der Waals surface area (Å²) in [6.07, 6.45) is 1.78. The number of aryl methyl sites for hydroxylation is 2. The molecule has 0 radical (unpaired) electrons. The lowest BCUT2D eigenvalue weighted by Gasteiger charge is -2.30. The molecule has 0 saturated carbocycles. The van der Waals surface area contributed by atoms with Crippen molar-refractivity contribution in [3.8, 4) is 11.1 Å². The van der Waals surface area contributed by atoms with Gasteiger partial charge in [0.15, 0.2) is 0 Å². The largest absolute Gasteiger partial charge is 0.378 e. The minimum Gasteiger partial charge on any atom is -0.378 e. The van der Waals surface area contributed by atoms with Crippen LogP contribution in [-0.4, -0.2) is 42.7 Å². The maximum atomic E-state index is 13.3. The number of morpholine rings is 1. The second kappa shape index (κ2) is 10.9. The fourth-order valence-corrected chi connectivity index (χ4v) is 4.82. The van der Waals surface area contributed by atoms with Crippen molar-refractivity contribution in [1.82, 2.24) is 4.57 Å². The Morgan fingerprint density at radius 3 is 2.11 bits per heavy atom. The Hall–Kier alpha value is -4.36. The SMILES string of the molecule is Cc1ccc(-c2ccc(NC(=O)c3c(C)c(NC(=O)c4ccccc4N4CCOCC4)cn3C)cc2)cc1. The third kappa shape index (κ3) is 5.33. The van der Waals surface area contributed by atoms with Gasteiger partial charge in [-0.25, -0.2) is 0 Å². The van der Waals surface area contributed by atoms with E-state index >= 15 is 0 Å². The van der Waals surface area contributed by atoms with Gasteiger partial charge in [0.25, 0.3) is 11.8 Å². The molecule has 2 heterocycles. The van der Waals surface area contributed by atoms with Gasteiger partial charge in [0.2, 0.25) is 0 Å². The van der Waals surface area contributed by atoms with Crippen LogP contribution in [0.3, 0.4) is 0 Å². The van der Waals surface area contributed by atoms with Crippen molar-refractivity contribution in [3.05, 3.63) is 101 Å². The highest BCUT2D eigenvalue weighted by Gasteiger charge is 2.22. The molecule has 194 valence electrons. The number of anilines is 3. The number of benzene rings is 3. The number of rotatable bonds is 6. The molecule has 0 unspecified atom stereocenters. The average molecular weight is 509 g/mol. The first kappa shape index (κ1) is 25.3. The van der Waals surface area contributed by atoms with Gasteiger partial charge in [-0.15, -0.1) is 0 Å². The Balaban J connectivity index is 1.30. The molecule has 1 aliphatic rings. The summed E-state index contributed by atoms with van der Waals surface area (Å²) < 4.78 is 7.21. The van der Waals surface area contributed by atoms with Gasteiger partial charge < -0.3 is 24.8 Å². The van der Waals surface area contributed by atoms with E-state index in [1.807, 2.05) is 55.5 Å². The first-order valence-electron chi connectivity index (χ1n) is 12.8. The standard InChI is InChI=1S/C31H32N4O3/c1-21-8-10-23(11-9-21)24-12-14-25(15-13-24)32-31(37)29-22(2)27(20-34(29)3)33-30(36)26-6-4-5-7-28(26)35-16-18-38-19-17-35/h4-15,20H,16-19H2,1-3H3,(H,32,37)(H,33,36). The first-order chi connectivity index (χ1) is 18.4. The molecule has 3 aromatic carbocycles. The van der Waals surface area contributed by atoms with Crippen LogP contribution in [0.1, 0.15) is 32.0 Å². The maximum absolute atomic E-state index is 13.3. The summed E-state index contributed by atoms with van der Waals surface area (Å²) in [5, 5.41) is 6.00. The molecule has 0 bridgehead atoms. The quantitative estimate of drug-likeness (QED) is 0.353. The highest BCUT2D eigenvalue weighted by molar-refractivity contribution is 6.10. The molecule has 0 spiro atoms. The van der Waals surface area contributed by atoms with Crippen molar-refractivity contribution in [1.29, 1.82) is 0 Å². The fraction of sp³-hybridized carbons (Fsp3) is 0.226. The van der Waals surface area contributed by atoms with E-state index in [1.165, 1.54) is 5.56 Å². The zero-order chi connectivity index (χ0) is 26.6. The summed E-state index contributed by atoms with van der Waals surface area (Å²) in [4.78, 5) is 28.7. The third-order valence-electron chi connectivity index (χ3n) is 6.93. The monoisotopic (exact) mass is 508 g/mol. The van der Waals surface area contributed by atoms with Crippen LogP contribution in [0, 0.1) is 13.8 Å². The van der Waals surface area contributed by atoms with E-state index in [2.05, 4.69) is 46.7 Å². The number of nitrogens with zero attached hydrogens (tertiary/aromatic N) is 2. The Bertz CT molecular complexity index is 1450. The first-order valence-corrected chi connectivity index (χ1v) is 12.8. The number of ether oxygens (including phenoxy) is 1. The number of aromatic nitrogens is 1. The van der Waals surface area contributed by atoms with Crippen molar-refractivity contribution in [2.24, 2.45) is 7.05 Å². The molecule has 0 atom stereocenters. The molecule has 1 aliphatic heterocycles. The highest BCUT2D eigenvalue weighted by Crippen LogP contribution is 2.27. The summed E-state index contributed by atoms with van der Waals surface area (Å²) in [5.41, 5.74) is 7.41. The van der Waals surface area contributed by atoms with Gasteiger partial charge in [0, 0.05) is 43.3 Å². The molecule has 38 heavy (non-hydrogen) atoms. The Morgan fingerprint density at radius 2 is 1.42 bits per heavy atom. The number of carbonyl (C=O) groups is 2. The second-order valence-electron chi connectivity index (χ2n) is 9.60. The molecule has 5 rings (SSSR count). The van der Waals surface area contributed by atoms with Crippen LogP contribution in [-0.2, 0) is 11.8 Å². The van der Waals surface area contributed by atoms with E-state index < -0.39 is 0 Å². The molecule has 4 aromatic rings. The Morgan fingerprint density at radius 1 is 0.789 bits per heavy atom. The van der Waals surface area contributed by atoms with Crippen molar-refractivity contribution in [2.45, 2.75) is 13.8 Å². The third-order valence-corrected chi connectivity index (χ3v) is 6.93. The normalized spacial score (nSPS) is 13.3. The van der Waals surface area contributed by atoms with Gasteiger partial charge in [-0.3, -0.25) is 9.59 Å². The Kier molecular flexibility index (Phi) is 7.29. The molecule has 1 fully saturated rings. The molecule has 7 nitrogen and oxygen atoms in total. The van der Waals surface area contributed by atoms with Crippen LogP contribution in [0.2, 0.25) is 0 Å². The van der Waals surface area contributed by atoms with E-state index in [1.54, 1.807) is 17.8 Å². The van der Waals surface area contributed by atoms with Crippen molar-refractivity contribution in [3.63, 3.8) is 0 Å². The smallest absolute Gasteiger partial charge is 0.272 e. The molecular formula is C31H32N4O3. The van der Waals surface area contributed by atoms with Crippen LogP contribution < -0.4 is 15.5 Å². The summed E-state index contributed by atoms with van der Waals surface area (Å²) >= 11 is 0. The number of amides is 2. The lowest BCUT2D eigenvalue weighted by molar-refractivity contribution is 0.101. The van der Waals surface area contributed by atoms with Gasteiger partial charge >= 0.3 is 0 Å². The summed E-state index contributed by atoms with van der Waals surface area (Å²) in [6.45, 7) is 6.67. The molecule has 0 aliphatic carbocycles. The van der Waals surface area contributed by atoms with Crippen LogP contribution in [0.4, 0.5) is 17.1 Å². The predicted octanol–water partition coefficient (Wildman–Crippen LogP) is 5.65. The number of hydrogen-bond acceptors (Lipinski definition) is 4. The number of para-hydroxylation sites is 1. The van der Waals surface area contributed by atoms with Gasteiger partial charge in [0.05, 0.1) is 24.5 Å². The Labute approximate surface area is 223 Å². The zero-order valence-electron chi connectivity index (χ0n) is 22.0. The number of hydrogen-bond donors (Lipinski definition) is 2. The van der Waals surface area contributed by atoms with Crippen LogP contribution in [0.15, 0.2) is 79.0 Å². The van der Waals surface area contributed by atoms with Crippen LogP contribution in [0.5, 0.6) is 0 Å². The topological polar surface area (TPSA) is 75.6 Å². The lowest BCUT2D eigenvalue weighted by atomic mass is 10.0. The van der Waals surface area contributed by atoms with Gasteiger partial charge in [-0.2, -0.15) is 0 Å². The van der Waals surface area contributed by atoms with E-state index in [9.17, 15) is 9.59 Å². The lowest BCUT2D eigenvalue weighted by Crippen LogP contribution is -2.37. The van der Waals surface area contributed by atoms with Crippen molar-refractivity contribution >= 4 is 28.9 Å². The minimum atomic E-state index is -0.234. The molecule has 2 amide bonds. The molecule has 2 N–H and O–H groups in total. The van der Waals surface area contributed by atoms with E-state index in [-0.39, 0.29) is 11.8 Å². The molecule has 7 heteroatoms. The fourth-order valence-electron chi connectivity index (χ4n) is 4.82. The summed E-state index contributed by atoms with van der Waals surface area (Å²) in [7, 11) is 1.81. The molecular weight excluding hydrogens is 476 g/mol. The zero-order valence-corrected chi connectivity index (χ0v) is 22.0. The maximum Gasteiger partial charge on any atom is 0.272 e. The average Bonchev–Trinajstić information content (AvgIpc) is 3.22. The minimum absolute atomic E-state index is 0.209. The van der Waals surface area contributed by atoms with Crippen LogP contribution >= 0.6 is 0 Å².